The zero-order valence-electron chi connectivity index (χ0n) is 13.4. The van der Waals surface area contributed by atoms with Crippen LogP contribution < -0.4 is 0 Å². The summed E-state index contributed by atoms with van der Waals surface area (Å²) >= 11 is 12.3. The highest BCUT2D eigenvalue weighted by Crippen LogP contribution is 2.32. The van der Waals surface area contributed by atoms with Crippen molar-refractivity contribution < 1.29 is 17.6 Å². The smallest absolute Gasteiger partial charge is 0.416 e. The van der Waals surface area contributed by atoms with Crippen LogP contribution in [0.2, 0.25) is 10.0 Å². The molecule has 0 saturated heterocycles. The standard InChI is InChI=1S/C18H10Cl2F3N3O/c19-11-2-1-3-12(20)10(11)7-16-24-15(8-27-16)17-25-13-5-4-9(18(21,22)23)6-14(13)26-17/h1-6,8H,7H2,(H,25,26). The minimum absolute atomic E-state index is 0.263. The van der Waals surface area contributed by atoms with Crippen molar-refractivity contribution in [3.8, 4) is 11.5 Å². The Hall–Kier alpha value is -2.51. The number of nitrogens with one attached hydrogen (secondary N) is 1. The number of halogens is 5. The first-order valence-electron chi connectivity index (χ1n) is 7.76. The first-order valence-corrected chi connectivity index (χ1v) is 8.51. The number of imidazole rings is 1. The molecule has 9 heteroatoms. The molecule has 27 heavy (non-hydrogen) atoms. The van der Waals surface area contributed by atoms with Gasteiger partial charge < -0.3 is 9.40 Å². The molecule has 0 aliphatic rings. The fourth-order valence-corrected chi connectivity index (χ4v) is 3.19. The molecule has 1 N–H and O–H groups in total. The van der Waals surface area contributed by atoms with E-state index in [4.69, 9.17) is 27.6 Å². The molecule has 0 radical (unpaired) electrons. The predicted octanol–water partition coefficient (Wildman–Crippen LogP) is 6.13. The third-order valence-electron chi connectivity index (χ3n) is 3.99. The summed E-state index contributed by atoms with van der Waals surface area (Å²) in [7, 11) is 0. The largest absolute Gasteiger partial charge is 0.448 e. The molecule has 0 fully saturated rings. The molecule has 2 aromatic carbocycles. The molecular formula is C18H10Cl2F3N3O. The molecule has 4 nitrogen and oxygen atoms in total. The molecular weight excluding hydrogens is 402 g/mol. The van der Waals surface area contributed by atoms with Crippen LogP contribution >= 0.6 is 23.2 Å². The van der Waals surface area contributed by atoms with Crippen molar-refractivity contribution in [2.45, 2.75) is 12.6 Å². The maximum absolute atomic E-state index is 12.8. The third kappa shape index (κ3) is 3.52. The summed E-state index contributed by atoms with van der Waals surface area (Å²) in [6, 6.07) is 8.46. The summed E-state index contributed by atoms with van der Waals surface area (Å²) in [5.74, 6) is 0.668. The minimum Gasteiger partial charge on any atom is -0.448 e. The van der Waals surface area contributed by atoms with E-state index in [1.807, 2.05) is 0 Å². The second-order valence-corrected chi connectivity index (χ2v) is 6.63. The average Bonchev–Trinajstić information content (AvgIpc) is 3.23. The van der Waals surface area contributed by atoms with Crippen molar-refractivity contribution in [2.24, 2.45) is 0 Å². The molecule has 0 saturated carbocycles. The van der Waals surface area contributed by atoms with Gasteiger partial charge in [-0.2, -0.15) is 13.2 Å². The lowest BCUT2D eigenvalue weighted by molar-refractivity contribution is -0.137. The third-order valence-corrected chi connectivity index (χ3v) is 4.70. The summed E-state index contributed by atoms with van der Waals surface area (Å²) in [6.45, 7) is 0. The highest BCUT2D eigenvalue weighted by atomic mass is 35.5. The predicted molar refractivity (Wildman–Crippen MR) is 95.9 cm³/mol. The van der Waals surface area contributed by atoms with Gasteiger partial charge in [0.25, 0.3) is 0 Å². The first-order chi connectivity index (χ1) is 12.8. The van der Waals surface area contributed by atoms with E-state index in [0.29, 0.717) is 38.5 Å². The van der Waals surface area contributed by atoms with Gasteiger partial charge >= 0.3 is 6.18 Å². The monoisotopic (exact) mass is 411 g/mol. The van der Waals surface area contributed by atoms with Gasteiger partial charge in [-0.1, -0.05) is 29.3 Å². The van der Waals surface area contributed by atoms with Crippen molar-refractivity contribution in [1.82, 2.24) is 15.0 Å². The molecule has 0 spiro atoms. The summed E-state index contributed by atoms with van der Waals surface area (Å²) < 4.78 is 44.0. The van der Waals surface area contributed by atoms with E-state index >= 15 is 0 Å². The van der Waals surface area contributed by atoms with Gasteiger partial charge in [-0.15, -0.1) is 0 Å². The second kappa shape index (κ2) is 6.58. The molecule has 4 aromatic rings. The van der Waals surface area contributed by atoms with Crippen LogP contribution in [0.3, 0.4) is 0 Å². The van der Waals surface area contributed by atoms with E-state index in [-0.39, 0.29) is 11.9 Å². The number of oxazole rings is 1. The number of alkyl halides is 3. The Bertz CT molecular complexity index is 1110. The summed E-state index contributed by atoms with van der Waals surface area (Å²) in [5.41, 5.74) is 0.959. The maximum atomic E-state index is 12.8. The number of aromatic amines is 1. The summed E-state index contributed by atoms with van der Waals surface area (Å²) in [6.07, 6.45) is -2.77. The average molecular weight is 412 g/mol. The van der Waals surface area contributed by atoms with Gasteiger partial charge in [-0.3, -0.25) is 0 Å². The van der Waals surface area contributed by atoms with Crippen LogP contribution in [0, 0.1) is 0 Å². The van der Waals surface area contributed by atoms with Gasteiger partial charge in [0.05, 0.1) is 23.0 Å². The normalized spacial score (nSPS) is 12.0. The number of hydrogen-bond acceptors (Lipinski definition) is 3. The number of nitrogens with zero attached hydrogens (tertiary/aromatic N) is 2. The Labute approximate surface area is 161 Å². The molecule has 0 bridgehead atoms. The van der Waals surface area contributed by atoms with E-state index in [1.54, 1.807) is 18.2 Å². The molecule has 4 rings (SSSR count). The molecule has 2 heterocycles. The van der Waals surface area contributed by atoms with Gasteiger partial charge in [-0.05, 0) is 35.9 Å². The fourth-order valence-electron chi connectivity index (χ4n) is 2.66. The zero-order valence-corrected chi connectivity index (χ0v) is 15.0. The lowest BCUT2D eigenvalue weighted by Crippen LogP contribution is -2.04. The molecule has 2 aromatic heterocycles. The van der Waals surface area contributed by atoms with Crippen LogP contribution in [0.4, 0.5) is 13.2 Å². The van der Waals surface area contributed by atoms with Crippen molar-refractivity contribution in [2.75, 3.05) is 0 Å². The number of rotatable bonds is 3. The van der Waals surface area contributed by atoms with Crippen molar-refractivity contribution in [3.63, 3.8) is 0 Å². The number of aromatic nitrogens is 3. The highest BCUT2D eigenvalue weighted by molar-refractivity contribution is 6.36. The molecule has 0 unspecified atom stereocenters. The number of benzene rings is 2. The van der Waals surface area contributed by atoms with Gasteiger partial charge in [0, 0.05) is 10.0 Å². The van der Waals surface area contributed by atoms with Gasteiger partial charge in [0.2, 0.25) is 0 Å². The van der Waals surface area contributed by atoms with Gasteiger partial charge in [0.15, 0.2) is 11.7 Å². The molecule has 0 aliphatic heterocycles. The van der Waals surface area contributed by atoms with Crippen molar-refractivity contribution in [3.05, 3.63) is 69.7 Å². The van der Waals surface area contributed by atoms with E-state index in [9.17, 15) is 13.2 Å². The van der Waals surface area contributed by atoms with Crippen molar-refractivity contribution >= 4 is 34.2 Å². The number of hydrogen-bond donors (Lipinski definition) is 1. The van der Waals surface area contributed by atoms with Crippen LogP contribution in [0.25, 0.3) is 22.6 Å². The Morgan fingerprint density at radius 3 is 2.48 bits per heavy atom. The van der Waals surface area contributed by atoms with Crippen LogP contribution in [0.15, 0.2) is 47.1 Å². The Balaban J connectivity index is 1.65. The topological polar surface area (TPSA) is 54.7 Å². The van der Waals surface area contributed by atoms with Crippen LogP contribution in [-0.4, -0.2) is 15.0 Å². The molecule has 0 atom stereocenters. The summed E-state index contributed by atoms with van der Waals surface area (Å²) in [5, 5.41) is 0.983. The fraction of sp³-hybridized carbons (Fsp3) is 0.111. The zero-order chi connectivity index (χ0) is 19.2. The number of H-pyrrole nitrogens is 1. The highest BCUT2D eigenvalue weighted by Gasteiger charge is 2.30. The quantitative estimate of drug-likeness (QED) is 0.440. The Kier molecular flexibility index (Phi) is 4.36. The minimum atomic E-state index is -4.42. The first kappa shape index (κ1) is 17.9. The van der Waals surface area contributed by atoms with E-state index in [0.717, 1.165) is 12.1 Å². The summed E-state index contributed by atoms with van der Waals surface area (Å²) in [4.78, 5) is 11.4. The lowest BCUT2D eigenvalue weighted by Gasteiger charge is -2.05. The van der Waals surface area contributed by atoms with Gasteiger partial charge in [0.1, 0.15) is 12.0 Å². The van der Waals surface area contributed by atoms with Crippen LogP contribution in [0.5, 0.6) is 0 Å². The van der Waals surface area contributed by atoms with Crippen LogP contribution in [0.1, 0.15) is 17.0 Å². The SMILES string of the molecule is FC(F)(F)c1ccc2nc(-c3coc(Cc4c(Cl)cccc4Cl)n3)[nH]c2c1. The number of fused-ring (bicyclic) bond motifs is 1. The molecule has 138 valence electrons. The van der Waals surface area contributed by atoms with E-state index in [2.05, 4.69) is 15.0 Å². The van der Waals surface area contributed by atoms with Crippen molar-refractivity contribution in [1.29, 1.82) is 0 Å². The second-order valence-electron chi connectivity index (χ2n) is 5.82. The van der Waals surface area contributed by atoms with E-state index in [1.165, 1.54) is 12.3 Å². The molecule has 0 amide bonds. The Morgan fingerprint density at radius 2 is 1.78 bits per heavy atom. The maximum Gasteiger partial charge on any atom is 0.416 e. The molecule has 0 aliphatic carbocycles. The Morgan fingerprint density at radius 1 is 1.04 bits per heavy atom. The van der Waals surface area contributed by atoms with E-state index < -0.39 is 11.7 Å². The lowest BCUT2D eigenvalue weighted by atomic mass is 10.1. The van der Waals surface area contributed by atoms with Gasteiger partial charge in [-0.25, -0.2) is 9.97 Å². The van der Waals surface area contributed by atoms with Crippen LogP contribution in [-0.2, 0) is 12.6 Å².